The number of rotatable bonds is 0. The lowest BCUT2D eigenvalue weighted by atomic mass is 10.1. The Balaban J connectivity index is 2.18. The summed E-state index contributed by atoms with van der Waals surface area (Å²) >= 11 is 5.00. The molecule has 0 amide bonds. The van der Waals surface area contributed by atoms with Gasteiger partial charge in [0, 0.05) is 28.0 Å². The van der Waals surface area contributed by atoms with E-state index in [0.29, 0.717) is 5.17 Å². The molecule has 16 heavy (non-hydrogen) atoms. The number of aliphatic imine (C=N–C) groups is 1. The molecule has 1 N–H and O–H groups in total. The predicted octanol–water partition coefficient (Wildman–Crippen LogP) is 2.94. The van der Waals surface area contributed by atoms with Gasteiger partial charge in [-0.3, -0.25) is 10.4 Å². The third kappa shape index (κ3) is 1.58. The van der Waals surface area contributed by atoms with Crippen LogP contribution in [-0.4, -0.2) is 29.0 Å². The minimum atomic E-state index is 0.591. The second-order valence-electron chi connectivity index (χ2n) is 3.76. The van der Waals surface area contributed by atoms with Crippen LogP contribution in [0, 0.1) is 5.41 Å². The second-order valence-corrected chi connectivity index (χ2v) is 5.70. The highest BCUT2D eigenvalue weighted by Gasteiger charge is 2.28. The Morgan fingerprint density at radius 1 is 1.44 bits per heavy atom. The van der Waals surface area contributed by atoms with Crippen molar-refractivity contribution >= 4 is 38.7 Å². The van der Waals surface area contributed by atoms with Crippen LogP contribution in [0.15, 0.2) is 32.6 Å². The molecule has 0 saturated carbocycles. The van der Waals surface area contributed by atoms with Gasteiger partial charge in [-0.15, -0.1) is 0 Å². The quantitative estimate of drug-likeness (QED) is 0.799. The third-order valence-electron chi connectivity index (χ3n) is 2.69. The number of thioether (sulfide) groups is 1. The SMILES string of the molecule is N=C1Sc2ccc(Br)cc2C2=NCCCN12. The zero-order chi connectivity index (χ0) is 11.1. The molecule has 2 heterocycles. The van der Waals surface area contributed by atoms with Crippen molar-refractivity contribution in [2.45, 2.75) is 11.3 Å². The van der Waals surface area contributed by atoms with E-state index < -0.39 is 0 Å². The fraction of sp³-hybridized carbons (Fsp3) is 0.273. The minimum Gasteiger partial charge on any atom is -0.305 e. The van der Waals surface area contributed by atoms with E-state index in [0.717, 1.165) is 40.3 Å². The van der Waals surface area contributed by atoms with E-state index in [-0.39, 0.29) is 0 Å². The van der Waals surface area contributed by atoms with Crippen molar-refractivity contribution in [3.63, 3.8) is 0 Å². The highest BCUT2D eigenvalue weighted by atomic mass is 79.9. The average molecular weight is 296 g/mol. The van der Waals surface area contributed by atoms with Gasteiger partial charge in [-0.05, 0) is 24.6 Å². The van der Waals surface area contributed by atoms with Crippen LogP contribution in [-0.2, 0) is 0 Å². The molecule has 0 unspecified atom stereocenters. The summed E-state index contributed by atoms with van der Waals surface area (Å²) in [5.74, 6) is 0.964. The Morgan fingerprint density at radius 3 is 3.19 bits per heavy atom. The smallest absolute Gasteiger partial charge is 0.166 e. The molecule has 0 spiro atoms. The molecular formula is C11H10BrN3S. The fourth-order valence-electron chi connectivity index (χ4n) is 1.96. The van der Waals surface area contributed by atoms with Crippen LogP contribution in [0.5, 0.6) is 0 Å². The van der Waals surface area contributed by atoms with Crippen molar-refractivity contribution in [1.29, 1.82) is 5.41 Å². The number of halogens is 1. The van der Waals surface area contributed by atoms with Crippen LogP contribution in [0.3, 0.4) is 0 Å². The van der Waals surface area contributed by atoms with Crippen LogP contribution in [0.4, 0.5) is 0 Å². The molecule has 3 nitrogen and oxygen atoms in total. The van der Waals surface area contributed by atoms with Crippen molar-refractivity contribution in [3.05, 3.63) is 28.2 Å². The third-order valence-corrected chi connectivity index (χ3v) is 4.17. The van der Waals surface area contributed by atoms with Gasteiger partial charge in [-0.25, -0.2) is 0 Å². The Morgan fingerprint density at radius 2 is 2.31 bits per heavy atom. The molecule has 0 aliphatic carbocycles. The summed E-state index contributed by atoms with van der Waals surface area (Å²) in [5.41, 5.74) is 1.15. The predicted molar refractivity (Wildman–Crippen MR) is 70.5 cm³/mol. The lowest BCUT2D eigenvalue weighted by Gasteiger charge is -2.33. The van der Waals surface area contributed by atoms with Gasteiger partial charge >= 0.3 is 0 Å². The molecule has 0 aromatic heterocycles. The molecule has 3 rings (SSSR count). The van der Waals surface area contributed by atoms with Crippen LogP contribution in [0.2, 0.25) is 0 Å². The molecular weight excluding hydrogens is 286 g/mol. The van der Waals surface area contributed by atoms with Crippen molar-refractivity contribution in [2.24, 2.45) is 4.99 Å². The topological polar surface area (TPSA) is 39.5 Å². The van der Waals surface area contributed by atoms with Gasteiger partial charge in [-0.2, -0.15) is 0 Å². The van der Waals surface area contributed by atoms with Gasteiger partial charge in [-0.1, -0.05) is 27.7 Å². The maximum absolute atomic E-state index is 7.99. The molecule has 2 aliphatic heterocycles. The zero-order valence-corrected chi connectivity index (χ0v) is 10.9. The molecule has 0 radical (unpaired) electrons. The second kappa shape index (κ2) is 3.89. The summed E-state index contributed by atoms with van der Waals surface area (Å²) in [6.45, 7) is 1.78. The number of nitrogens with one attached hydrogen (secondary N) is 1. The lowest BCUT2D eigenvalue weighted by molar-refractivity contribution is 0.552. The van der Waals surface area contributed by atoms with Gasteiger partial charge < -0.3 is 4.90 Å². The minimum absolute atomic E-state index is 0.591. The number of amidine groups is 2. The van der Waals surface area contributed by atoms with E-state index in [9.17, 15) is 0 Å². The maximum atomic E-state index is 7.99. The molecule has 1 aromatic carbocycles. The first-order chi connectivity index (χ1) is 7.75. The average Bonchev–Trinajstić information content (AvgIpc) is 2.31. The van der Waals surface area contributed by atoms with Crippen LogP contribution in [0.25, 0.3) is 0 Å². The van der Waals surface area contributed by atoms with Crippen LogP contribution < -0.4 is 0 Å². The molecule has 82 valence electrons. The number of benzene rings is 1. The molecule has 1 aromatic rings. The Labute approximate surface area is 107 Å². The van der Waals surface area contributed by atoms with E-state index in [1.807, 2.05) is 17.0 Å². The molecule has 0 bridgehead atoms. The largest absolute Gasteiger partial charge is 0.305 e. The number of fused-ring (bicyclic) bond motifs is 3. The Hall–Kier alpha value is -0.810. The van der Waals surface area contributed by atoms with E-state index in [2.05, 4.69) is 27.0 Å². The number of nitrogens with zero attached hydrogens (tertiary/aromatic N) is 2. The number of hydrogen-bond acceptors (Lipinski definition) is 3. The highest BCUT2D eigenvalue weighted by Crippen LogP contribution is 2.34. The summed E-state index contributed by atoms with van der Waals surface area (Å²) in [5, 5.41) is 8.59. The number of hydrogen-bond donors (Lipinski definition) is 1. The lowest BCUT2D eigenvalue weighted by Crippen LogP contribution is -2.42. The van der Waals surface area contributed by atoms with E-state index in [1.165, 1.54) is 11.8 Å². The monoisotopic (exact) mass is 295 g/mol. The first kappa shape index (κ1) is 10.4. The first-order valence-electron chi connectivity index (χ1n) is 5.14. The van der Waals surface area contributed by atoms with E-state index >= 15 is 0 Å². The Kier molecular flexibility index (Phi) is 2.52. The van der Waals surface area contributed by atoms with Gasteiger partial charge in [0.1, 0.15) is 5.84 Å². The summed E-state index contributed by atoms with van der Waals surface area (Å²) < 4.78 is 1.06. The first-order valence-corrected chi connectivity index (χ1v) is 6.75. The van der Waals surface area contributed by atoms with Gasteiger partial charge in [0.05, 0.1) is 0 Å². The van der Waals surface area contributed by atoms with E-state index in [4.69, 9.17) is 5.41 Å². The fourth-order valence-corrected chi connectivity index (χ4v) is 3.21. The van der Waals surface area contributed by atoms with Crippen LogP contribution >= 0.6 is 27.7 Å². The summed E-state index contributed by atoms with van der Waals surface area (Å²) in [7, 11) is 0. The van der Waals surface area contributed by atoms with Gasteiger partial charge in [0.15, 0.2) is 5.17 Å². The molecule has 0 atom stereocenters. The van der Waals surface area contributed by atoms with E-state index in [1.54, 1.807) is 0 Å². The zero-order valence-electron chi connectivity index (χ0n) is 8.53. The summed E-state index contributed by atoms with van der Waals surface area (Å²) in [6, 6.07) is 6.15. The normalized spacial score (nSPS) is 18.9. The molecule has 0 saturated heterocycles. The van der Waals surface area contributed by atoms with Crippen molar-refractivity contribution in [1.82, 2.24) is 4.90 Å². The van der Waals surface area contributed by atoms with Crippen LogP contribution in [0.1, 0.15) is 12.0 Å². The molecule has 0 fully saturated rings. The van der Waals surface area contributed by atoms with Gasteiger partial charge in [0.2, 0.25) is 0 Å². The van der Waals surface area contributed by atoms with Crippen molar-refractivity contribution < 1.29 is 0 Å². The van der Waals surface area contributed by atoms with Crippen molar-refractivity contribution in [3.8, 4) is 0 Å². The van der Waals surface area contributed by atoms with Gasteiger partial charge in [0.25, 0.3) is 0 Å². The standard InChI is InChI=1S/C11H10BrN3S/c12-7-2-3-9-8(6-7)10-14-4-1-5-15(10)11(13)16-9/h2-3,6,13H,1,4-5H2. The maximum Gasteiger partial charge on any atom is 0.166 e. The van der Waals surface area contributed by atoms with Crippen molar-refractivity contribution in [2.75, 3.05) is 13.1 Å². The summed E-state index contributed by atoms with van der Waals surface area (Å²) in [6.07, 6.45) is 1.04. The Bertz CT molecular complexity index is 498. The highest BCUT2D eigenvalue weighted by molar-refractivity contribution is 9.10. The molecule has 2 aliphatic rings. The summed E-state index contributed by atoms with van der Waals surface area (Å²) in [4.78, 5) is 7.68. The molecule has 5 heteroatoms.